The molecule has 0 aliphatic carbocycles. The van der Waals surface area contributed by atoms with Crippen molar-refractivity contribution in [2.24, 2.45) is 0 Å². The summed E-state index contributed by atoms with van der Waals surface area (Å²) in [6, 6.07) is 8.41. The van der Waals surface area contributed by atoms with Crippen molar-refractivity contribution >= 4 is 23.0 Å². The predicted molar refractivity (Wildman–Crippen MR) is 72.3 cm³/mol. The maximum Gasteiger partial charge on any atom is 0.353 e. The largest absolute Gasteiger partial charge is 0.476 e. The minimum absolute atomic E-state index is 0.0215. The first-order valence-corrected chi connectivity index (χ1v) is 5.66. The van der Waals surface area contributed by atoms with Gasteiger partial charge in [0, 0.05) is 10.6 Å². The van der Waals surface area contributed by atoms with E-state index in [2.05, 4.69) is 4.98 Å². The number of halogens is 1. The van der Waals surface area contributed by atoms with Crippen LogP contribution in [0.3, 0.4) is 0 Å². The minimum atomic E-state index is -0.627. The molecule has 0 amide bonds. The first kappa shape index (κ1) is 13.1. The molecule has 0 aliphatic heterocycles. The van der Waals surface area contributed by atoms with E-state index in [4.69, 9.17) is 22.1 Å². The molecule has 0 aliphatic rings. The number of hydrogen-bond donors (Lipinski definition) is 1. The van der Waals surface area contributed by atoms with Crippen molar-refractivity contribution in [3.8, 4) is 17.1 Å². The highest BCUT2D eigenvalue weighted by molar-refractivity contribution is 6.33. The van der Waals surface area contributed by atoms with E-state index in [-0.39, 0.29) is 17.3 Å². The Balaban J connectivity index is 2.65. The van der Waals surface area contributed by atoms with Gasteiger partial charge in [0.15, 0.2) is 0 Å². The van der Waals surface area contributed by atoms with Crippen LogP contribution in [-0.2, 0) is 0 Å². The number of rotatable bonds is 3. The molecule has 2 aromatic rings. The quantitative estimate of drug-likeness (QED) is 0.689. The Hall–Kier alpha value is -2.34. The number of nitrogens with zero attached hydrogens (tertiary/aromatic N) is 2. The van der Waals surface area contributed by atoms with Crippen LogP contribution in [0.4, 0.5) is 11.4 Å². The molecule has 0 saturated carbocycles. The van der Waals surface area contributed by atoms with E-state index in [1.165, 1.54) is 13.2 Å². The lowest BCUT2D eigenvalue weighted by Gasteiger charge is -2.08. The summed E-state index contributed by atoms with van der Waals surface area (Å²) in [6.07, 6.45) is 0. The summed E-state index contributed by atoms with van der Waals surface area (Å²) in [5, 5.41) is 11.4. The van der Waals surface area contributed by atoms with Crippen LogP contribution in [0.25, 0.3) is 11.3 Å². The van der Waals surface area contributed by atoms with Gasteiger partial charge in [-0.25, -0.2) is 4.98 Å². The highest BCUT2D eigenvalue weighted by atomic mass is 35.5. The summed E-state index contributed by atoms with van der Waals surface area (Å²) in [5.74, 6) is -0.139. The zero-order chi connectivity index (χ0) is 14.0. The summed E-state index contributed by atoms with van der Waals surface area (Å²) in [7, 11) is 1.30. The molecular formula is C12H10ClN3O3. The average molecular weight is 280 g/mol. The highest BCUT2D eigenvalue weighted by Gasteiger charge is 2.23. The topological polar surface area (TPSA) is 91.3 Å². The van der Waals surface area contributed by atoms with E-state index in [9.17, 15) is 10.1 Å². The maximum atomic E-state index is 10.9. The Morgan fingerprint density at radius 1 is 1.42 bits per heavy atom. The smallest absolute Gasteiger partial charge is 0.353 e. The van der Waals surface area contributed by atoms with Crippen LogP contribution in [0.1, 0.15) is 0 Å². The molecule has 0 unspecified atom stereocenters. The number of nitrogen functional groups attached to an aromatic ring is 1. The highest BCUT2D eigenvalue weighted by Crippen LogP contribution is 2.36. The summed E-state index contributed by atoms with van der Waals surface area (Å²) < 4.78 is 4.91. The molecule has 0 fully saturated rings. The van der Waals surface area contributed by atoms with Gasteiger partial charge in [-0.3, -0.25) is 10.1 Å². The van der Waals surface area contributed by atoms with Gasteiger partial charge in [0.2, 0.25) is 0 Å². The van der Waals surface area contributed by atoms with E-state index < -0.39 is 4.92 Å². The van der Waals surface area contributed by atoms with Crippen molar-refractivity contribution in [3.05, 3.63) is 45.5 Å². The molecule has 0 spiro atoms. The first-order chi connectivity index (χ1) is 9.04. The molecular weight excluding hydrogens is 270 g/mol. The van der Waals surface area contributed by atoms with Crippen molar-refractivity contribution in [1.82, 2.24) is 4.98 Å². The number of nitrogens with two attached hydrogens (primary N) is 1. The Bertz CT molecular complexity index is 646. The summed E-state index contributed by atoms with van der Waals surface area (Å²) in [6.45, 7) is 0. The third-order valence-corrected chi connectivity index (χ3v) is 2.85. The molecule has 0 saturated heterocycles. The molecule has 1 aromatic heterocycles. The van der Waals surface area contributed by atoms with Gasteiger partial charge in [0.25, 0.3) is 5.88 Å². The molecule has 1 heterocycles. The molecule has 6 nitrogen and oxygen atoms in total. The predicted octanol–water partition coefficient (Wildman–Crippen LogP) is 2.90. The average Bonchev–Trinajstić information content (AvgIpc) is 2.37. The zero-order valence-electron chi connectivity index (χ0n) is 9.96. The monoisotopic (exact) mass is 279 g/mol. The summed E-state index contributed by atoms with van der Waals surface area (Å²) >= 11 is 6.05. The molecule has 19 heavy (non-hydrogen) atoms. The Labute approximate surface area is 113 Å². The second-order valence-corrected chi connectivity index (χ2v) is 4.10. The Morgan fingerprint density at radius 2 is 2.11 bits per heavy atom. The van der Waals surface area contributed by atoms with Crippen LogP contribution < -0.4 is 10.5 Å². The normalized spacial score (nSPS) is 10.2. The van der Waals surface area contributed by atoms with Crippen LogP contribution in [0.2, 0.25) is 5.02 Å². The van der Waals surface area contributed by atoms with Crippen molar-refractivity contribution in [1.29, 1.82) is 0 Å². The van der Waals surface area contributed by atoms with E-state index in [1.54, 1.807) is 24.3 Å². The van der Waals surface area contributed by atoms with Crippen molar-refractivity contribution in [2.45, 2.75) is 0 Å². The summed E-state index contributed by atoms with van der Waals surface area (Å²) in [5.41, 5.74) is 6.36. The van der Waals surface area contributed by atoms with Gasteiger partial charge >= 0.3 is 5.69 Å². The van der Waals surface area contributed by atoms with Crippen LogP contribution in [0.15, 0.2) is 30.3 Å². The number of ether oxygens (including phenoxy) is 1. The van der Waals surface area contributed by atoms with Gasteiger partial charge in [-0.2, -0.15) is 0 Å². The van der Waals surface area contributed by atoms with Crippen molar-refractivity contribution in [3.63, 3.8) is 0 Å². The SMILES string of the molecule is COc1nc(-c2ccccc2Cl)cc(N)c1[N+](=O)[O-]. The fraction of sp³-hybridized carbons (Fsp3) is 0.0833. The van der Waals surface area contributed by atoms with Crippen LogP contribution in [0, 0.1) is 10.1 Å². The number of hydrogen-bond acceptors (Lipinski definition) is 5. The first-order valence-electron chi connectivity index (χ1n) is 5.28. The number of anilines is 1. The molecule has 2 N–H and O–H groups in total. The van der Waals surface area contributed by atoms with Crippen LogP contribution in [-0.4, -0.2) is 17.0 Å². The molecule has 0 radical (unpaired) electrons. The third kappa shape index (κ3) is 2.43. The van der Waals surface area contributed by atoms with Crippen LogP contribution >= 0.6 is 11.6 Å². The molecule has 2 rings (SSSR count). The zero-order valence-corrected chi connectivity index (χ0v) is 10.7. The lowest BCUT2D eigenvalue weighted by Crippen LogP contribution is -2.02. The fourth-order valence-electron chi connectivity index (χ4n) is 1.67. The third-order valence-electron chi connectivity index (χ3n) is 2.52. The van der Waals surface area contributed by atoms with E-state index >= 15 is 0 Å². The summed E-state index contributed by atoms with van der Waals surface area (Å²) in [4.78, 5) is 14.3. The molecule has 1 aromatic carbocycles. The maximum absolute atomic E-state index is 10.9. The van der Waals surface area contributed by atoms with E-state index in [0.29, 0.717) is 16.3 Å². The van der Waals surface area contributed by atoms with Crippen molar-refractivity contribution in [2.75, 3.05) is 12.8 Å². The minimum Gasteiger partial charge on any atom is -0.476 e. The number of methoxy groups -OCH3 is 1. The van der Waals surface area contributed by atoms with E-state index in [1.807, 2.05) is 0 Å². The van der Waals surface area contributed by atoms with Gasteiger partial charge in [0.05, 0.1) is 17.7 Å². The second kappa shape index (κ2) is 5.11. The second-order valence-electron chi connectivity index (χ2n) is 3.69. The number of benzene rings is 1. The molecule has 0 atom stereocenters. The molecule has 98 valence electrons. The standard InChI is InChI=1S/C12H10ClN3O3/c1-19-12-11(16(17)18)9(14)6-10(15-12)7-4-2-3-5-8(7)13/h2-6H,1H3,(H2,14,15). The van der Waals surface area contributed by atoms with Crippen molar-refractivity contribution < 1.29 is 9.66 Å². The Kier molecular flexibility index (Phi) is 3.52. The molecule has 7 heteroatoms. The lowest BCUT2D eigenvalue weighted by molar-refractivity contribution is -0.385. The number of aromatic nitrogens is 1. The van der Waals surface area contributed by atoms with Gasteiger partial charge in [-0.05, 0) is 12.1 Å². The number of nitro groups is 1. The van der Waals surface area contributed by atoms with E-state index in [0.717, 1.165) is 0 Å². The van der Waals surface area contributed by atoms with Gasteiger partial charge in [-0.15, -0.1) is 0 Å². The van der Waals surface area contributed by atoms with Gasteiger partial charge < -0.3 is 10.5 Å². The Morgan fingerprint density at radius 3 is 2.68 bits per heavy atom. The van der Waals surface area contributed by atoms with Gasteiger partial charge in [-0.1, -0.05) is 29.8 Å². The fourth-order valence-corrected chi connectivity index (χ4v) is 1.90. The van der Waals surface area contributed by atoms with Crippen LogP contribution in [0.5, 0.6) is 5.88 Å². The lowest BCUT2D eigenvalue weighted by atomic mass is 10.1. The number of pyridine rings is 1. The van der Waals surface area contributed by atoms with Gasteiger partial charge in [0.1, 0.15) is 5.69 Å². The molecule has 0 bridgehead atoms.